The second kappa shape index (κ2) is 3.70. The predicted molar refractivity (Wildman–Crippen MR) is 65.0 cm³/mol. The molecule has 0 unspecified atom stereocenters. The number of aromatic nitrogens is 1. The minimum atomic E-state index is -0.320. The molecule has 4 nitrogen and oxygen atoms in total. The Kier molecular flexibility index (Phi) is 2.50. The molecule has 0 aliphatic carbocycles. The Morgan fingerprint density at radius 1 is 1.38 bits per heavy atom. The van der Waals surface area contributed by atoms with E-state index in [-0.39, 0.29) is 5.76 Å². The second-order valence-corrected chi connectivity index (χ2v) is 4.28. The van der Waals surface area contributed by atoms with E-state index in [2.05, 4.69) is 18.7 Å². The molecule has 0 N–H and O–H groups in total. The third-order valence-electron chi connectivity index (χ3n) is 2.96. The maximum Gasteiger partial charge on any atom is 0.419 e. The number of fused-ring (bicyclic) bond motifs is 1. The number of hydrogen-bond acceptors (Lipinski definition) is 3. The molecule has 0 radical (unpaired) electrons. The van der Waals surface area contributed by atoms with Crippen molar-refractivity contribution in [1.29, 1.82) is 0 Å². The fraction of sp³-hybridized carbons (Fsp3) is 0.417. The molecule has 1 heterocycles. The third kappa shape index (κ3) is 1.60. The zero-order valence-electron chi connectivity index (χ0n) is 10.0. The number of hydrogen-bond donors (Lipinski definition) is 0. The topological polar surface area (TPSA) is 38.4 Å². The summed E-state index contributed by atoms with van der Waals surface area (Å²) in [6.45, 7) is 4.25. The molecule has 16 heavy (non-hydrogen) atoms. The molecular weight excluding hydrogens is 204 g/mol. The van der Waals surface area contributed by atoms with E-state index in [1.165, 1.54) is 4.57 Å². The Bertz CT molecular complexity index is 566. The molecular formula is C12H16N2O2. The van der Waals surface area contributed by atoms with E-state index in [9.17, 15) is 4.79 Å². The molecule has 0 bridgehead atoms. The molecule has 0 saturated heterocycles. The van der Waals surface area contributed by atoms with E-state index in [0.29, 0.717) is 11.6 Å². The van der Waals surface area contributed by atoms with Gasteiger partial charge in [-0.3, -0.25) is 4.57 Å². The van der Waals surface area contributed by atoms with Crippen LogP contribution < -0.4 is 10.7 Å². The summed E-state index contributed by atoms with van der Waals surface area (Å²) < 4.78 is 6.60. The normalized spacial score (nSPS) is 11.3. The highest BCUT2D eigenvalue weighted by molar-refractivity contribution is 5.77. The zero-order valence-corrected chi connectivity index (χ0v) is 10.0. The lowest BCUT2D eigenvalue weighted by Gasteiger charge is -2.23. The number of rotatable bonds is 2. The predicted octanol–water partition coefficient (Wildman–Crippen LogP) is 1.98. The van der Waals surface area contributed by atoms with E-state index in [0.717, 1.165) is 11.2 Å². The van der Waals surface area contributed by atoms with Crippen LogP contribution in [-0.2, 0) is 7.05 Å². The van der Waals surface area contributed by atoms with Crippen LogP contribution in [-0.4, -0.2) is 17.7 Å². The standard InChI is InChI=1S/C12H16N2O2/c1-8(2)13(3)9-5-6-11-10(7-9)14(4)12(15)16-11/h5-8H,1-4H3. The summed E-state index contributed by atoms with van der Waals surface area (Å²) in [5.74, 6) is -0.320. The van der Waals surface area contributed by atoms with Crippen molar-refractivity contribution in [3.63, 3.8) is 0 Å². The summed E-state index contributed by atoms with van der Waals surface area (Å²) >= 11 is 0. The van der Waals surface area contributed by atoms with Gasteiger partial charge in [-0.05, 0) is 32.0 Å². The van der Waals surface area contributed by atoms with E-state index in [1.54, 1.807) is 7.05 Å². The van der Waals surface area contributed by atoms with Crippen LogP contribution in [0, 0.1) is 0 Å². The summed E-state index contributed by atoms with van der Waals surface area (Å²) in [5, 5.41) is 0. The van der Waals surface area contributed by atoms with Crippen LogP contribution >= 0.6 is 0 Å². The SMILES string of the molecule is CC(C)N(C)c1ccc2oc(=O)n(C)c2c1. The van der Waals surface area contributed by atoms with Crippen molar-refractivity contribution in [2.45, 2.75) is 19.9 Å². The van der Waals surface area contributed by atoms with E-state index >= 15 is 0 Å². The van der Waals surface area contributed by atoms with Gasteiger partial charge in [0.2, 0.25) is 0 Å². The molecule has 0 spiro atoms. The smallest absolute Gasteiger partial charge is 0.408 e. The lowest BCUT2D eigenvalue weighted by molar-refractivity contribution is 0.528. The first kappa shape index (κ1) is 10.8. The molecule has 0 fully saturated rings. The largest absolute Gasteiger partial charge is 0.419 e. The molecule has 0 saturated carbocycles. The number of nitrogens with zero attached hydrogens (tertiary/aromatic N) is 2. The lowest BCUT2D eigenvalue weighted by atomic mass is 10.2. The molecule has 4 heteroatoms. The molecule has 2 rings (SSSR count). The number of anilines is 1. The highest BCUT2D eigenvalue weighted by Crippen LogP contribution is 2.21. The Morgan fingerprint density at radius 3 is 2.69 bits per heavy atom. The second-order valence-electron chi connectivity index (χ2n) is 4.28. The van der Waals surface area contributed by atoms with Crippen LogP contribution in [0.1, 0.15) is 13.8 Å². The molecule has 86 valence electrons. The average molecular weight is 220 g/mol. The monoisotopic (exact) mass is 220 g/mol. The van der Waals surface area contributed by atoms with Crippen molar-refractivity contribution in [1.82, 2.24) is 4.57 Å². The summed E-state index contributed by atoms with van der Waals surface area (Å²) in [6, 6.07) is 6.19. The number of aryl methyl sites for hydroxylation is 1. The minimum Gasteiger partial charge on any atom is -0.408 e. The van der Waals surface area contributed by atoms with Gasteiger partial charge in [0.05, 0.1) is 5.52 Å². The van der Waals surface area contributed by atoms with Crippen LogP contribution in [0.25, 0.3) is 11.1 Å². The van der Waals surface area contributed by atoms with Crippen molar-refractivity contribution in [2.24, 2.45) is 7.05 Å². The van der Waals surface area contributed by atoms with E-state index < -0.39 is 0 Å². The minimum absolute atomic E-state index is 0.320. The van der Waals surface area contributed by atoms with E-state index in [1.807, 2.05) is 25.2 Å². The molecule has 0 aliphatic heterocycles. The van der Waals surface area contributed by atoms with Gasteiger partial charge >= 0.3 is 5.76 Å². The Labute approximate surface area is 94.1 Å². The summed E-state index contributed by atoms with van der Waals surface area (Å²) in [5.41, 5.74) is 2.54. The molecule has 0 amide bonds. The van der Waals surface area contributed by atoms with Crippen LogP contribution in [0.3, 0.4) is 0 Å². The molecule has 1 aromatic carbocycles. The number of benzene rings is 1. The summed E-state index contributed by atoms with van der Waals surface area (Å²) in [6.07, 6.45) is 0. The van der Waals surface area contributed by atoms with E-state index in [4.69, 9.17) is 4.42 Å². The Morgan fingerprint density at radius 2 is 2.06 bits per heavy atom. The van der Waals surface area contributed by atoms with Gasteiger partial charge in [-0.25, -0.2) is 4.79 Å². The van der Waals surface area contributed by atoms with Gasteiger partial charge in [0, 0.05) is 25.8 Å². The molecule has 2 aromatic rings. The van der Waals surface area contributed by atoms with Crippen molar-refractivity contribution in [3.8, 4) is 0 Å². The first-order chi connectivity index (χ1) is 7.50. The quantitative estimate of drug-likeness (QED) is 0.776. The first-order valence-corrected chi connectivity index (χ1v) is 5.33. The van der Waals surface area contributed by atoms with Crippen LogP contribution in [0.2, 0.25) is 0 Å². The summed E-state index contributed by atoms with van der Waals surface area (Å²) in [4.78, 5) is 13.5. The van der Waals surface area contributed by atoms with Gasteiger partial charge in [-0.15, -0.1) is 0 Å². The van der Waals surface area contributed by atoms with Gasteiger partial charge in [0.25, 0.3) is 0 Å². The molecule has 0 atom stereocenters. The van der Waals surface area contributed by atoms with Gasteiger partial charge in [0.1, 0.15) is 0 Å². The maximum absolute atomic E-state index is 11.3. The van der Waals surface area contributed by atoms with Crippen LogP contribution in [0.5, 0.6) is 0 Å². The maximum atomic E-state index is 11.3. The highest BCUT2D eigenvalue weighted by Gasteiger charge is 2.09. The van der Waals surface area contributed by atoms with Crippen molar-refractivity contribution in [3.05, 3.63) is 28.7 Å². The third-order valence-corrected chi connectivity index (χ3v) is 2.96. The van der Waals surface area contributed by atoms with Crippen molar-refractivity contribution >= 4 is 16.8 Å². The zero-order chi connectivity index (χ0) is 11.9. The average Bonchev–Trinajstić information content (AvgIpc) is 2.53. The Balaban J connectivity index is 2.59. The summed E-state index contributed by atoms with van der Waals surface area (Å²) in [7, 11) is 3.75. The fourth-order valence-electron chi connectivity index (χ4n) is 1.63. The highest BCUT2D eigenvalue weighted by atomic mass is 16.4. The first-order valence-electron chi connectivity index (χ1n) is 5.33. The van der Waals surface area contributed by atoms with Crippen molar-refractivity contribution in [2.75, 3.05) is 11.9 Å². The number of oxazole rings is 1. The van der Waals surface area contributed by atoms with Crippen LogP contribution in [0.15, 0.2) is 27.4 Å². The molecule has 0 aliphatic rings. The Hall–Kier alpha value is -1.71. The van der Waals surface area contributed by atoms with Gasteiger partial charge in [-0.2, -0.15) is 0 Å². The van der Waals surface area contributed by atoms with Crippen molar-refractivity contribution < 1.29 is 4.42 Å². The molecule has 1 aromatic heterocycles. The fourth-order valence-corrected chi connectivity index (χ4v) is 1.63. The van der Waals surface area contributed by atoms with Gasteiger partial charge in [-0.1, -0.05) is 0 Å². The van der Waals surface area contributed by atoms with Crippen LogP contribution in [0.4, 0.5) is 5.69 Å². The van der Waals surface area contributed by atoms with Gasteiger partial charge < -0.3 is 9.32 Å². The van der Waals surface area contributed by atoms with Gasteiger partial charge in [0.15, 0.2) is 5.58 Å². The lowest BCUT2D eigenvalue weighted by Crippen LogP contribution is -2.25.